The number of hydrogen-bond donors (Lipinski definition) is 0. The first-order valence-corrected chi connectivity index (χ1v) is 11.3. The molecule has 4 nitrogen and oxygen atoms in total. The van der Waals surface area contributed by atoms with Crippen molar-refractivity contribution in [3.05, 3.63) is 119 Å². The van der Waals surface area contributed by atoms with E-state index in [1.807, 2.05) is 48.5 Å². The lowest BCUT2D eigenvalue weighted by Crippen LogP contribution is -2.05. The standard InChI is InChI=1S/2C15H12O2/c2*16-10-17-9-15-13-7-3-1-5-11(13)12-6-2-4-8-14(12)15/h2*1-8,10,15H,9H2. The molecular weight excluding hydrogens is 424 g/mol. The molecule has 6 rings (SSSR count). The normalized spacial score (nSPS) is 12.9. The Morgan fingerprint density at radius 1 is 0.471 bits per heavy atom. The fourth-order valence-electron chi connectivity index (χ4n) is 5.15. The molecule has 0 saturated carbocycles. The highest BCUT2D eigenvalue weighted by atomic mass is 16.5. The Balaban J connectivity index is 0.000000142. The molecular formula is C30H24O4. The van der Waals surface area contributed by atoms with Crippen LogP contribution in [0.3, 0.4) is 0 Å². The van der Waals surface area contributed by atoms with Gasteiger partial charge in [-0.05, 0) is 44.5 Å². The minimum Gasteiger partial charge on any atom is -0.467 e. The van der Waals surface area contributed by atoms with Crippen molar-refractivity contribution >= 4 is 12.9 Å². The van der Waals surface area contributed by atoms with Gasteiger partial charge in [-0.15, -0.1) is 0 Å². The third kappa shape index (κ3) is 3.88. The van der Waals surface area contributed by atoms with Crippen molar-refractivity contribution in [1.82, 2.24) is 0 Å². The fourth-order valence-corrected chi connectivity index (χ4v) is 5.15. The molecule has 0 saturated heterocycles. The van der Waals surface area contributed by atoms with Crippen LogP contribution in [0.1, 0.15) is 34.1 Å². The Kier molecular flexibility index (Phi) is 6.21. The summed E-state index contributed by atoms with van der Waals surface area (Å²) in [5.74, 6) is 0.347. The molecule has 0 unspecified atom stereocenters. The van der Waals surface area contributed by atoms with Crippen LogP contribution in [-0.2, 0) is 19.1 Å². The zero-order valence-corrected chi connectivity index (χ0v) is 18.6. The van der Waals surface area contributed by atoms with E-state index >= 15 is 0 Å². The van der Waals surface area contributed by atoms with Crippen molar-refractivity contribution < 1.29 is 19.1 Å². The van der Waals surface area contributed by atoms with E-state index in [1.165, 1.54) is 44.5 Å². The van der Waals surface area contributed by atoms with Crippen LogP contribution in [0.4, 0.5) is 0 Å². The van der Waals surface area contributed by atoms with Crippen LogP contribution in [0.5, 0.6) is 0 Å². The van der Waals surface area contributed by atoms with E-state index in [9.17, 15) is 9.59 Å². The van der Waals surface area contributed by atoms with Gasteiger partial charge in [-0.1, -0.05) is 97.1 Å². The lowest BCUT2D eigenvalue weighted by atomic mass is 9.98. The van der Waals surface area contributed by atoms with Gasteiger partial charge < -0.3 is 9.47 Å². The average molecular weight is 449 g/mol. The molecule has 168 valence electrons. The lowest BCUT2D eigenvalue weighted by molar-refractivity contribution is -0.129. The van der Waals surface area contributed by atoms with Crippen molar-refractivity contribution in [2.45, 2.75) is 11.8 Å². The highest BCUT2D eigenvalue weighted by Crippen LogP contribution is 2.45. The molecule has 0 spiro atoms. The maximum atomic E-state index is 10.4. The number of rotatable bonds is 6. The number of hydrogen-bond acceptors (Lipinski definition) is 4. The fraction of sp³-hybridized carbons (Fsp3) is 0.133. The Labute approximate surface area is 198 Å². The van der Waals surface area contributed by atoms with Crippen molar-refractivity contribution in [1.29, 1.82) is 0 Å². The zero-order valence-electron chi connectivity index (χ0n) is 18.6. The average Bonchev–Trinajstić information content (AvgIpc) is 3.39. The molecule has 4 heteroatoms. The Bertz CT molecular complexity index is 1130. The van der Waals surface area contributed by atoms with Gasteiger partial charge in [0, 0.05) is 11.8 Å². The maximum absolute atomic E-state index is 10.4. The van der Waals surface area contributed by atoms with Gasteiger partial charge in [-0.3, -0.25) is 9.59 Å². The molecule has 2 aliphatic rings. The van der Waals surface area contributed by atoms with Gasteiger partial charge in [0.2, 0.25) is 0 Å². The molecule has 2 aliphatic carbocycles. The smallest absolute Gasteiger partial charge is 0.293 e. The summed E-state index contributed by atoms with van der Waals surface area (Å²) in [6, 6.07) is 33.2. The number of carbonyl (C=O) groups is 2. The van der Waals surface area contributed by atoms with Crippen molar-refractivity contribution in [2.75, 3.05) is 13.2 Å². The molecule has 0 heterocycles. The first-order valence-electron chi connectivity index (χ1n) is 11.3. The highest BCUT2D eigenvalue weighted by molar-refractivity contribution is 5.79. The predicted molar refractivity (Wildman–Crippen MR) is 131 cm³/mol. The monoisotopic (exact) mass is 448 g/mol. The summed E-state index contributed by atoms with van der Waals surface area (Å²) in [6.45, 7) is 1.86. The summed E-state index contributed by atoms with van der Waals surface area (Å²) in [6.07, 6.45) is 0. The van der Waals surface area contributed by atoms with Gasteiger partial charge in [0.25, 0.3) is 12.9 Å². The topological polar surface area (TPSA) is 52.6 Å². The van der Waals surface area contributed by atoms with Crippen molar-refractivity contribution in [3.63, 3.8) is 0 Å². The van der Waals surface area contributed by atoms with Gasteiger partial charge >= 0.3 is 0 Å². The van der Waals surface area contributed by atoms with Crippen molar-refractivity contribution in [2.24, 2.45) is 0 Å². The van der Waals surface area contributed by atoms with Crippen LogP contribution < -0.4 is 0 Å². The quantitative estimate of drug-likeness (QED) is 0.342. The summed E-state index contributed by atoms with van der Waals surface area (Å²) < 4.78 is 9.90. The third-order valence-corrected chi connectivity index (χ3v) is 6.59. The molecule has 0 aromatic heterocycles. The van der Waals surface area contributed by atoms with Gasteiger partial charge in [0.1, 0.15) is 13.2 Å². The van der Waals surface area contributed by atoms with E-state index < -0.39 is 0 Å². The van der Waals surface area contributed by atoms with E-state index in [2.05, 4.69) is 48.5 Å². The van der Waals surface area contributed by atoms with E-state index in [-0.39, 0.29) is 11.8 Å². The summed E-state index contributed by atoms with van der Waals surface area (Å²) >= 11 is 0. The Hall–Kier alpha value is -4.18. The number of ether oxygens (including phenoxy) is 2. The van der Waals surface area contributed by atoms with E-state index in [0.29, 0.717) is 26.2 Å². The second-order valence-electron chi connectivity index (χ2n) is 8.31. The van der Waals surface area contributed by atoms with Crippen LogP contribution in [0, 0.1) is 0 Å². The van der Waals surface area contributed by atoms with E-state index in [4.69, 9.17) is 9.47 Å². The van der Waals surface area contributed by atoms with Gasteiger partial charge in [-0.25, -0.2) is 0 Å². The summed E-state index contributed by atoms with van der Waals surface area (Å²) in [5.41, 5.74) is 9.99. The number of carbonyl (C=O) groups excluding carboxylic acids is 2. The molecule has 4 aromatic carbocycles. The van der Waals surface area contributed by atoms with Gasteiger partial charge in [0.15, 0.2) is 0 Å². The second kappa shape index (κ2) is 9.75. The zero-order chi connectivity index (χ0) is 23.3. The summed E-state index contributed by atoms with van der Waals surface area (Å²) in [4.78, 5) is 20.7. The third-order valence-electron chi connectivity index (χ3n) is 6.59. The number of benzene rings is 4. The highest BCUT2D eigenvalue weighted by Gasteiger charge is 2.29. The molecule has 0 fully saturated rings. The Morgan fingerprint density at radius 3 is 1.00 bits per heavy atom. The molecule has 4 aromatic rings. The van der Waals surface area contributed by atoms with E-state index in [1.54, 1.807) is 0 Å². The van der Waals surface area contributed by atoms with Crippen LogP contribution >= 0.6 is 0 Å². The molecule has 34 heavy (non-hydrogen) atoms. The molecule has 0 bridgehead atoms. The minimum atomic E-state index is 0.174. The first kappa shape index (κ1) is 21.7. The molecule has 0 radical (unpaired) electrons. The Morgan fingerprint density at radius 2 is 0.735 bits per heavy atom. The molecule has 0 amide bonds. The largest absolute Gasteiger partial charge is 0.467 e. The predicted octanol–water partition coefficient (Wildman–Crippen LogP) is 5.94. The van der Waals surface area contributed by atoms with E-state index in [0.717, 1.165) is 0 Å². The molecule has 0 aliphatic heterocycles. The van der Waals surface area contributed by atoms with Gasteiger partial charge in [0.05, 0.1) is 0 Å². The maximum Gasteiger partial charge on any atom is 0.293 e. The van der Waals surface area contributed by atoms with Crippen LogP contribution in [-0.4, -0.2) is 26.2 Å². The molecule has 0 N–H and O–H groups in total. The summed E-state index contributed by atoms with van der Waals surface area (Å²) in [5, 5.41) is 0. The van der Waals surface area contributed by atoms with Crippen molar-refractivity contribution in [3.8, 4) is 22.3 Å². The van der Waals surface area contributed by atoms with Crippen LogP contribution in [0.25, 0.3) is 22.3 Å². The second-order valence-corrected chi connectivity index (χ2v) is 8.31. The van der Waals surface area contributed by atoms with Gasteiger partial charge in [-0.2, -0.15) is 0 Å². The van der Waals surface area contributed by atoms with Crippen LogP contribution in [0.2, 0.25) is 0 Å². The van der Waals surface area contributed by atoms with Crippen LogP contribution in [0.15, 0.2) is 97.1 Å². The summed E-state index contributed by atoms with van der Waals surface area (Å²) in [7, 11) is 0. The minimum absolute atomic E-state index is 0.174. The first-order chi connectivity index (χ1) is 16.8. The SMILES string of the molecule is O=COCC1c2ccccc2-c2ccccc21.O=COCC1c2ccccc2-c2ccccc21. The lowest BCUT2D eigenvalue weighted by Gasteiger charge is -2.11. The number of fused-ring (bicyclic) bond motifs is 6. The molecule has 0 atom stereocenters.